The summed E-state index contributed by atoms with van der Waals surface area (Å²) in [6.45, 7) is 2.69. The Kier molecular flexibility index (Phi) is 4.36. The molecule has 2 aromatic carbocycles. The van der Waals surface area contributed by atoms with Crippen molar-refractivity contribution in [1.82, 2.24) is 10.3 Å². The lowest BCUT2D eigenvalue weighted by Crippen LogP contribution is -2.24. The van der Waals surface area contributed by atoms with Gasteiger partial charge in [0.15, 0.2) is 0 Å². The van der Waals surface area contributed by atoms with Crippen molar-refractivity contribution in [2.24, 2.45) is 5.92 Å². The smallest absolute Gasteiger partial charge is 0.223 e. The molecular formula is C21H20N2OS. The van der Waals surface area contributed by atoms with E-state index in [9.17, 15) is 4.79 Å². The summed E-state index contributed by atoms with van der Waals surface area (Å²) in [6.07, 6.45) is 2.08. The number of benzene rings is 2. The summed E-state index contributed by atoms with van der Waals surface area (Å²) in [5.74, 6) is 0.446. The highest BCUT2D eigenvalue weighted by molar-refractivity contribution is 7.13. The first kappa shape index (κ1) is 16.0. The van der Waals surface area contributed by atoms with E-state index < -0.39 is 0 Å². The van der Waals surface area contributed by atoms with Gasteiger partial charge in [-0.15, -0.1) is 11.3 Å². The number of carbonyl (C=O) groups excluding carboxylic acids is 1. The maximum absolute atomic E-state index is 11.7. The third kappa shape index (κ3) is 3.80. The predicted molar refractivity (Wildman–Crippen MR) is 102 cm³/mol. The molecule has 1 saturated carbocycles. The second kappa shape index (κ2) is 6.81. The molecule has 4 heteroatoms. The highest BCUT2D eigenvalue weighted by Gasteiger charge is 2.29. The van der Waals surface area contributed by atoms with Gasteiger partial charge in [-0.1, -0.05) is 54.1 Å². The van der Waals surface area contributed by atoms with Crippen molar-refractivity contribution in [2.75, 3.05) is 0 Å². The molecule has 0 aliphatic heterocycles. The molecule has 0 spiro atoms. The van der Waals surface area contributed by atoms with Crippen LogP contribution in [0.3, 0.4) is 0 Å². The minimum atomic E-state index is 0.187. The van der Waals surface area contributed by atoms with E-state index in [4.69, 9.17) is 4.98 Å². The van der Waals surface area contributed by atoms with Crippen molar-refractivity contribution >= 4 is 17.2 Å². The monoisotopic (exact) mass is 348 g/mol. The van der Waals surface area contributed by atoms with E-state index in [2.05, 4.69) is 66.2 Å². The number of hydrogen-bond acceptors (Lipinski definition) is 3. The molecule has 1 amide bonds. The van der Waals surface area contributed by atoms with Crippen LogP contribution in [0.4, 0.5) is 0 Å². The number of nitrogens with zero attached hydrogens (tertiary/aromatic N) is 1. The van der Waals surface area contributed by atoms with Crippen LogP contribution < -0.4 is 5.32 Å². The number of thiazole rings is 1. The molecule has 4 rings (SSSR count). The van der Waals surface area contributed by atoms with Gasteiger partial charge in [0.1, 0.15) is 5.01 Å². The van der Waals surface area contributed by atoms with Crippen molar-refractivity contribution in [2.45, 2.75) is 26.3 Å². The fraction of sp³-hybridized carbons (Fsp3) is 0.238. The van der Waals surface area contributed by atoms with Crippen molar-refractivity contribution in [1.29, 1.82) is 0 Å². The zero-order valence-electron chi connectivity index (χ0n) is 14.2. The molecule has 126 valence electrons. The molecule has 0 unspecified atom stereocenters. The molecule has 3 nitrogen and oxygen atoms in total. The van der Waals surface area contributed by atoms with E-state index in [0.29, 0.717) is 6.54 Å². The van der Waals surface area contributed by atoms with Gasteiger partial charge in [0.05, 0.1) is 5.69 Å². The largest absolute Gasteiger partial charge is 0.352 e. The average molecular weight is 348 g/mol. The van der Waals surface area contributed by atoms with Crippen LogP contribution in [-0.2, 0) is 11.3 Å². The Morgan fingerprint density at radius 2 is 1.76 bits per heavy atom. The van der Waals surface area contributed by atoms with Crippen molar-refractivity contribution in [3.8, 4) is 21.8 Å². The van der Waals surface area contributed by atoms with Gasteiger partial charge in [-0.05, 0) is 25.3 Å². The molecule has 0 bridgehead atoms. The molecule has 25 heavy (non-hydrogen) atoms. The van der Waals surface area contributed by atoms with Gasteiger partial charge in [-0.3, -0.25) is 4.79 Å². The zero-order chi connectivity index (χ0) is 17.2. The Hall–Kier alpha value is -2.46. The molecule has 0 saturated heterocycles. The van der Waals surface area contributed by atoms with Crippen LogP contribution in [0.1, 0.15) is 24.0 Å². The van der Waals surface area contributed by atoms with E-state index in [1.54, 1.807) is 11.3 Å². The number of nitrogens with one attached hydrogen (secondary N) is 1. The van der Waals surface area contributed by atoms with Crippen LogP contribution in [0.2, 0.25) is 0 Å². The Morgan fingerprint density at radius 1 is 1.08 bits per heavy atom. The molecule has 1 aliphatic carbocycles. The maximum Gasteiger partial charge on any atom is 0.223 e. The van der Waals surface area contributed by atoms with Crippen LogP contribution in [0.25, 0.3) is 21.8 Å². The van der Waals surface area contributed by atoms with Gasteiger partial charge in [0.25, 0.3) is 0 Å². The molecule has 1 N–H and O–H groups in total. The van der Waals surface area contributed by atoms with Gasteiger partial charge >= 0.3 is 0 Å². The number of carbonyl (C=O) groups is 1. The van der Waals surface area contributed by atoms with Gasteiger partial charge in [0, 0.05) is 29.0 Å². The van der Waals surface area contributed by atoms with Crippen molar-refractivity contribution < 1.29 is 4.79 Å². The molecule has 1 aliphatic rings. The van der Waals surface area contributed by atoms with E-state index in [0.717, 1.165) is 40.2 Å². The van der Waals surface area contributed by atoms with Crippen LogP contribution in [0, 0.1) is 12.8 Å². The fourth-order valence-corrected chi connectivity index (χ4v) is 3.54. The topological polar surface area (TPSA) is 42.0 Å². The lowest BCUT2D eigenvalue weighted by atomic mass is 10.1. The van der Waals surface area contributed by atoms with Crippen LogP contribution in [0.15, 0.2) is 53.9 Å². The maximum atomic E-state index is 11.7. The highest BCUT2D eigenvalue weighted by atomic mass is 32.1. The Bertz CT molecular complexity index is 877. The van der Waals surface area contributed by atoms with Crippen molar-refractivity contribution in [3.63, 3.8) is 0 Å². The summed E-state index contributed by atoms with van der Waals surface area (Å²) in [5.41, 5.74) is 5.64. The third-order valence-electron chi connectivity index (χ3n) is 4.47. The number of aryl methyl sites for hydroxylation is 1. The average Bonchev–Trinajstić information content (AvgIpc) is 3.38. The summed E-state index contributed by atoms with van der Waals surface area (Å²) in [5, 5.41) is 6.12. The molecular weight excluding hydrogens is 328 g/mol. The quantitative estimate of drug-likeness (QED) is 0.719. The second-order valence-electron chi connectivity index (χ2n) is 6.59. The first-order chi connectivity index (χ1) is 12.2. The van der Waals surface area contributed by atoms with Gasteiger partial charge in [-0.2, -0.15) is 0 Å². The summed E-state index contributed by atoms with van der Waals surface area (Å²) in [6, 6.07) is 16.7. The number of rotatable bonds is 5. The van der Waals surface area contributed by atoms with E-state index in [-0.39, 0.29) is 11.8 Å². The van der Waals surface area contributed by atoms with Gasteiger partial charge < -0.3 is 5.32 Å². The Labute approximate surface area is 151 Å². The molecule has 0 atom stereocenters. The van der Waals surface area contributed by atoms with Crippen LogP contribution in [-0.4, -0.2) is 10.9 Å². The number of hydrogen-bond donors (Lipinski definition) is 1. The van der Waals surface area contributed by atoms with Crippen molar-refractivity contribution in [3.05, 3.63) is 65.0 Å². The molecule has 1 heterocycles. The predicted octanol–water partition coefficient (Wildman–Crippen LogP) is 4.81. The third-order valence-corrected chi connectivity index (χ3v) is 5.36. The normalized spacial score (nSPS) is 13.6. The molecule has 1 aromatic heterocycles. The first-order valence-corrected chi connectivity index (χ1v) is 9.46. The Balaban J connectivity index is 1.44. The first-order valence-electron chi connectivity index (χ1n) is 8.58. The SMILES string of the molecule is Cc1ccc(-c2csc(-c3ccc(CNC(=O)C4CC4)cc3)n2)cc1. The molecule has 0 radical (unpaired) electrons. The Morgan fingerprint density at radius 3 is 2.44 bits per heavy atom. The van der Waals surface area contributed by atoms with Crippen LogP contribution >= 0.6 is 11.3 Å². The minimum absolute atomic E-state index is 0.187. The van der Waals surface area contributed by atoms with Gasteiger partial charge in [0.2, 0.25) is 5.91 Å². The lowest BCUT2D eigenvalue weighted by molar-refractivity contribution is -0.122. The van der Waals surface area contributed by atoms with Crippen LogP contribution in [0.5, 0.6) is 0 Å². The summed E-state index contributed by atoms with van der Waals surface area (Å²) in [7, 11) is 0. The number of aromatic nitrogens is 1. The summed E-state index contributed by atoms with van der Waals surface area (Å²) in [4.78, 5) is 16.5. The highest BCUT2D eigenvalue weighted by Crippen LogP contribution is 2.30. The van der Waals surface area contributed by atoms with E-state index in [1.165, 1.54) is 5.56 Å². The minimum Gasteiger partial charge on any atom is -0.352 e. The molecule has 1 fully saturated rings. The summed E-state index contributed by atoms with van der Waals surface area (Å²) >= 11 is 1.66. The lowest BCUT2D eigenvalue weighted by Gasteiger charge is -2.05. The van der Waals surface area contributed by atoms with E-state index >= 15 is 0 Å². The molecule has 3 aromatic rings. The van der Waals surface area contributed by atoms with Gasteiger partial charge in [-0.25, -0.2) is 4.98 Å². The number of amides is 1. The van der Waals surface area contributed by atoms with E-state index in [1.807, 2.05) is 0 Å². The summed E-state index contributed by atoms with van der Waals surface area (Å²) < 4.78 is 0. The standard InChI is InChI=1S/C21H20N2OS/c1-14-2-6-16(7-3-14)19-13-25-21(23-19)18-8-4-15(5-9-18)12-22-20(24)17-10-11-17/h2-9,13,17H,10-12H2,1H3,(H,22,24). The second-order valence-corrected chi connectivity index (χ2v) is 7.45. The fourth-order valence-electron chi connectivity index (χ4n) is 2.71. The zero-order valence-corrected chi connectivity index (χ0v) is 15.0.